The predicted octanol–water partition coefficient (Wildman–Crippen LogP) is 4.65. The van der Waals surface area contributed by atoms with Crippen LogP contribution >= 0.6 is 0 Å². The van der Waals surface area contributed by atoms with Crippen LogP contribution in [0, 0.1) is 11.8 Å². The average molecular weight is 479 g/mol. The van der Waals surface area contributed by atoms with Crippen LogP contribution in [0.25, 0.3) is 11.1 Å². The van der Waals surface area contributed by atoms with Gasteiger partial charge in [0.2, 0.25) is 5.91 Å². The third-order valence-corrected chi connectivity index (χ3v) is 7.28. The minimum Gasteiger partial charge on any atom is -0.481 e. The summed E-state index contributed by atoms with van der Waals surface area (Å²) in [5.41, 5.74) is 4.65. The Morgan fingerprint density at radius 1 is 1.06 bits per heavy atom. The number of ether oxygens (including phenoxy) is 1. The molecule has 2 aliphatic rings. The second kappa shape index (κ2) is 10.9. The molecule has 3 unspecified atom stereocenters. The first-order chi connectivity index (χ1) is 16.9. The molecule has 0 bridgehead atoms. The molecule has 4 rings (SSSR count). The zero-order valence-electron chi connectivity index (χ0n) is 20.4. The van der Waals surface area contributed by atoms with Crippen LogP contribution in [0.3, 0.4) is 0 Å². The lowest BCUT2D eigenvalue weighted by Crippen LogP contribution is -2.40. The SMILES string of the molecule is CCCC(CC(=O)N1CC(C)C(CC(=O)O)C1)NC(=O)OCC1c2ccccc2-c2ccccc21. The van der Waals surface area contributed by atoms with E-state index in [1.165, 1.54) is 11.1 Å². The Kier molecular flexibility index (Phi) is 7.73. The molecule has 2 aromatic carbocycles. The van der Waals surface area contributed by atoms with Gasteiger partial charge in [-0.1, -0.05) is 68.8 Å². The molecule has 7 nitrogen and oxygen atoms in total. The maximum atomic E-state index is 12.9. The Morgan fingerprint density at radius 2 is 1.69 bits per heavy atom. The summed E-state index contributed by atoms with van der Waals surface area (Å²) in [6.45, 7) is 5.24. The molecule has 35 heavy (non-hydrogen) atoms. The maximum absolute atomic E-state index is 12.9. The van der Waals surface area contributed by atoms with Gasteiger partial charge in [0.05, 0.1) is 6.42 Å². The third-order valence-electron chi connectivity index (χ3n) is 7.28. The van der Waals surface area contributed by atoms with Gasteiger partial charge in [-0.2, -0.15) is 0 Å². The lowest BCUT2D eigenvalue weighted by molar-refractivity contribution is -0.138. The summed E-state index contributed by atoms with van der Waals surface area (Å²) in [5, 5.41) is 12.0. The maximum Gasteiger partial charge on any atom is 0.407 e. The standard InChI is InChI=1S/C28H34N2O5/c1-3-8-20(14-26(31)30-15-18(2)19(16-30)13-27(32)33)29-28(34)35-17-25-23-11-6-4-9-21(23)22-10-5-7-12-24(22)25/h4-7,9-12,18-20,25H,3,8,13-17H2,1-2H3,(H,29,34)(H,32,33). The zero-order chi connectivity index (χ0) is 24.9. The van der Waals surface area contributed by atoms with Gasteiger partial charge in [0.25, 0.3) is 0 Å². The van der Waals surface area contributed by atoms with Crippen molar-refractivity contribution < 1.29 is 24.2 Å². The van der Waals surface area contributed by atoms with Gasteiger partial charge >= 0.3 is 12.1 Å². The molecule has 1 aliphatic heterocycles. The van der Waals surface area contributed by atoms with Crippen molar-refractivity contribution >= 4 is 18.0 Å². The fraction of sp³-hybridized carbons (Fsp3) is 0.464. The Balaban J connectivity index is 1.33. The van der Waals surface area contributed by atoms with Crippen molar-refractivity contribution in [2.45, 2.75) is 51.5 Å². The highest BCUT2D eigenvalue weighted by Gasteiger charge is 2.34. The number of rotatable bonds is 9. The van der Waals surface area contributed by atoms with Gasteiger partial charge in [-0.3, -0.25) is 9.59 Å². The van der Waals surface area contributed by atoms with Gasteiger partial charge in [-0.05, 0) is 40.5 Å². The fourth-order valence-electron chi connectivity index (χ4n) is 5.45. The number of nitrogens with one attached hydrogen (secondary N) is 1. The lowest BCUT2D eigenvalue weighted by atomic mass is 9.95. The van der Waals surface area contributed by atoms with Crippen molar-refractivity contribution in [1.82, 2.24) is 10.2 Å². The second-order valence-corrected chi connectivity index (χ2v) is 9.79. The van der Waals surface area contributed by atoms with E-state index in [0.717, 1.165) is 17.5 Å². The molecule has 0 spiro atoms. The Morgan fingerprint density at radius 3 is 2.29 bits per heavy atom. The number of hydrogen-bond acceptors (Lipinski definition) is 4. The molecule has 0 radical (unpaired) electrons. The molecule has 1 aliphatic carbocycles. The van der Waals surface area contributed by atoms with E-state index in [2.05, 4.69) is 29.6 Å². The topological polar surface area (TPSA) is 95.9 Å². The Bertz CT molecular complexity index is 1040. The number of amides is 2. The number of alkyl carbamates (subject to hydrolysis) is 1. The van der Waals surface area contributed by atoms with Crippen LogP contribution in [-0.4, -0.2) is 53.7 Å². The number of aliphatic carboxylic acids is 1. The first-order valence-electron chi connectivity index (χ1n) is 12.5. The van der Waals surface area contributed by atoms with Crippen molar-refractivity contribution in [3.8, 4) is 11.1 Å². The van der Waals surface area contributed by atoms with Crippen LogP contribution in [0.4, 0.5) is 4.79 Å². The summed E-state index contributed by atoms with van der Waals surface area (Å²) in [5.74, 6) is -0.790. The van der Waals surface area contributed by atoms with E-state index < -0.39 is 12.1 Å². The Labute approximate surface area is 206 Å². The van der Waals surface area contributed by atoms with Crippen LogP contribution in [-0.2, 0) is 14.3 Å². The molecule has 0 saturated carbocycles. The van der Waals surface area contributed by atoms with E-state index in [4.69, 9.17) is 9.84 Å². The summed E-state index contributed by atoms with van der Waals surface area (Å²) in [7, 11) is 0. The number of carbonyl (C=O) groups is 3. The van der Waals surface area contributed by atoms with Gasteiger partial charge in [-0.25, -0.2) is 4.79 Å². The molecular weight excluding hydrogens is 444 g/mol. The molecule has 1 saturated heterocycles. The number of nitrogens with zero attached hydrogens (tertiary/aromatic N) is 1. The first-order valence-corrected chi connectivity index (χ1v) is 12.5. The number of likely N-dealkylation sites (tertiary alicyclic amines) is 1. The van der Waals surface area contributed by atoms with Crippen LogP contribution in [0.1, 0.15) is 56.6 Å². The molecule has 3 atom stereocenters. The molecule has 7 heteroatoms. The minimum absolute atomic E-state index is 0.0170. The summed E-state index contributed by atoms with van der Waals surface area (Å²) in [6.07, 6.45) is 1.22. The highest BCUT2D eigenvalue weighted by molar-refractivity contribution is 5.80. The van der Waals surface area contributed by atoms with Gasteiger partial charge in [0.15, 0.2) is 0 Å². The van der Waals surface area contributed by atoms with Crippen molar-refractivity contribution in [1.29, 1.82) is 0 Å². The fourth-order valence-corrected chi connectivity index (χ4v) is 5.45. The highest BCUT2D eigenvalue weighted by atomic mass is 16.5. The van der Waals surface area contributed by atoms with E-state index in [1.807, 2.05) is 38.1 Å². The number of fused-ring (bicyclic) bond motifs is 3. The average Bonchev–Trinajstić information content (AvgIpc) is 3.35. The monoisotopic (exact) mass is 478 g/mol. The van der Waals surface area contributed by atoms with Crippen LogP contribution < -0.4 is 5.32 Å². The molecule has 1 fully saturated rings. The Hall–Kier alpha value is -3.35. The van der Waals surface area contributed by atoms with Crippen molar-refractivity contribution in [2.75, 3.05) is 19.7 Å². The lowest BCUT2D eigenvalue weighted by Gasteiger charge is -2.22. The van der Waals surface area contributed by atoms with E-state index in [1.54, 1.807) is 4.90 Å². The minimum atomic E-state index is -0.836. The number of hydrogen-bond donors (Lipinski definition) is 2. The van der Waals surface area contributed by atoms with E-state index in [0.29, 0.717) is 19.5 Å². The molecule has 2 amide bonds. The molecule has 2 aromatic rings. The van der Waals surface area contributed by atoms with Crippen molar-refractivity contribution in [3.63, 3.8) is 0 Å². The second-order valence-electron chi connectivity index (χ2n) is 9.79. The van der Waals surface area contributed by atoms with Gasteiger partial charge < -0.3 is 20.1 Å². The summed E-state index contributed by atoms with van der Waals surface area (Å²) in [6, 6.07) is 16.1. The largest absolute Gasteiger partial charge is 0.481 e. The number of carboxylic acid groups (broad SMARTS) is 1. The normalized spacial score (nSPS) is 19.7. The predicted molar refractivity (Wildman–Crippen MR) is 133 cm³/mol. The number of carbonyl (C=O) groups excluding carboxylic acids is 2. The summed E-state index contributed by atoms with van der Waals surface area (Å²) < 4.78 is 5.66. The van der Waals surface area contributed by atoms with Crippen molar-refractivity contribution in [2.24, 2.45) is 11.8 Å². The molecule has 2 N–H and O–H groups in total. The van der Waals surface area contributed by atoms with Gasteiger partial charge in [0, 0.05) is 31.5 Å². The molecule has 0 aromatic heterocycles. The quantitative estimate of drug-likeness (QED) is 0.547. The first kappa shape index (κ1) is 24.8. The van der Waals surface area contributed by atoms with Crippen LogP contribution in [0.5, 0.6) is 0 Å². The van der Waals surface area contributed by atoms with Crippen molar-refractivity contribution in [3.05, 3.63) is 59.7 Å². The van der Waals surface area contributed by atoms with Gasteiger partial charge in [0.1, 0.15) is 6.61 Å². The number of carboxylic acids is 1. The van der Waals surface area contributed by atoms with Crippen LogP contribution in [0.15, 0.2) is 48.5 Å². The third kappa shape index (κ3) is 5.66. The molecule has 186 valence electrons. The van der Waals surface area contributed by atoms with Gasteiger partial charge in [-0.15, -0.1) is 0 Å². The smallest absolute Gasteiger partial charge is 0.407 e. The zero-order valence-corrected chi connectivity index (χ0v) is 20.4. The van der Waals surface area contributed by atoms with Crippen LogP contribution in [0.2, 0.25) is 0 Å². The molecular formula is C28H34N2O5. The molecule has 1 heterocycles. The highest BCUT2D eigenvalue weighted by Crippen LogP contribution is 2.44. The summed E-state index contributed by atoms with van der Waals surface area (Å²) >= 11 is 0. The van der Waals surface area contributed by atoms with E-state index in [9.17, 15) is 14.4 Å². The number of benzene rings is 2. The van der Waals surface area contributed by atoms with E-state index in [-0.39, 0.29) is 49.2 Å². The summed E-state index contributed by atoms with van der Waals surface area (Å²) in [4.78, 5) is 38.5. The van der Waals surface area contributed by atoms with E-state index >= 15 is 0 Å².